The van der Waals surface area contributed by atoms with Crippen molar-refractivity contribution < 1.29 is 4.79 Å². The summed E-state index contributed by atoms with van der Waals surface area (Å²) in [6, 6.07) is 1.63. The molecule has 4 nitrogen and oxygen atoms in total. The highest BCUT2D eigenvalue weighted by molar-refractivity contribution is 6.20. The first-order valence-electron chi connectivity index (χ1n) is 4.65. The summed E-state index contributed by atoms with van der Waals surface area (Å²) in [5, 5.41) is 9.18. The van der Waals surface area contributed by atoms with Crippen LogP contribution in [0.1, 0.15) is 30.3 Å². The van der Waals surface area contributed by atoms with Gasteiger partial charge in [-0.1, -0.05) is 6.92 Å². The van der Waals surface area contributed by atoms with Gasteiger partial charge in [0.25, 0.3) is 5.91 Å². The fourth-order valence-electron chi connectivity index (χ4n) is 1.02. The molecular weight excluding hydrogens is 202 g/mol. The first-order chi connectivity index (χ1) is 6.74. The summed E-state index contributed by atoms with van der Waals surface area (Å²) in [5.41, 5.74) is 0.479. The monoisotopic (exact) mass is 215 g/mol. The maximum Gasteiger partial charge on any atom is 0.269 e. The number of nitrogens with zero attached hydrogens (tertiary/aromatic N) is 1. The topological polar surface area (TPSA) is 57.8 Å². The highest BCUT2D eigenvalue weighted by Gasteiger charge is 2.06. The van der Waals surface area contributed by atoms with Gasteiger partial charge in [-0.15, -0.1) is 11.6 Å². The second kappa shape index (κ2) is 5.65. The highest BCUT2D eigenvalue weighted by Crippen LogP contribution is 2.04. The number of carbonyl (C=O) groups excluding carboxylic acids is 1. The lowest BCUT2D eigenvalue weighted by molar-refractivity contribution is 0.0948. The molecule has 1 rings (SSSR count). The Hall–Kier alpha value is -1.03. The molecule has 1 aromatic heterocycles. The van der Waals surface area contributed by atoms with Crippen molar-refractivity contribution in [2.75, 3.05) is 6.54 Å². The average molecular weight is 216 g/mol. The molecular formula is C9H14ClN3O. The number of rotatable bonds is 5. The summed E-state index contributed by atoms with van der Waals surface area (Å²) in [6.45, 7) is 2.62. The molecule has 0 aliphatic rings. The van der Waals surface area contributed by atoms with Gasteiger partial charge in [-0.05, 0) is 18.9 Å². The van der Waals surface area contributed by atoms with Crippen LogP contribution in [0, 0.1) is 0 Å². The normalized spacial score (nSPS) is 12.4. The Bertz CT molecular complexity index is 274. The van der Waals surface area contributed by atoms with Gasteiger partial charge >= 0.3 is 0 Å². The van der Waals surface area contributed by atoms with Crippen LogP contribution in [-0.2, 0) is 0 Å². The minimum atomic E-state index is -0.137. The smallest absolute Gasteiger partial charge is 0.269 e. The number of aromatic nitrogens is 2. The Kier molecular flexibility index (Phi) is 4.46. The molecule has 1 atom stereocenters. The van der Waals surface area contributed by atoms with E-state index in [0.29, 0.717) is 12.2 Å². The van der Waals surface area contributed by atoms with E-state index >= 15 is 0 Å². The van der Waals surface area contributed by atoms with E-state index < -0.39 is 0 Å². The SMILES string of the molecule is CCC(Cl)CCNC(=O)c1ccn[nH]1. The van der Waals surface area contributed by atoms with Crippen LogP contribution in [0.2, 0.25) is 0 Å². The maximum atomic E-state index is 11.4. The van der Waals surface area contributed by atoms with E-state index in [1.54, 1.807) is 12.3 Å². The highest BCUT2D eigenvalue weighted by atomic mass is 35.5. The fraction of sp³-hybridized carbons (Fsp3) is 0.556. The molecule has 0 aromatic carbocycles. The van der Waals surface area contributed by atoms with E-state index in [9.17, 15) is 4.79 Å². The van der Waals surface area contributed by atoms with Crippen molar-refractivity contribution in [2.45, 2.75) is 25.1 Å². The van der Waals surface area contributed by atoms with Gasteiger partial charge in [-0.2, -0.15) is 5.10 Å². The third-order valence-corrected chi connectivity index (χ3v) is 2.46. The summed E-state index contributed by atoms with van der Waals surface area (Å²) in [7, 11) is 0. The predicted molar refractivity (Wildman–Crippen MR) is 55.5 cm³/mol. The zero-order valence-corrected chi connectivity index (χ0v) is 8.84. The summed E-state index contributed by atoms with van der Waals surface area (Å²) >= 11 is 5.90. The van der Waals surface area contributed by atoms with E-state index in [1.165, 1.54) is 0 Å². The molecule has 0 saturated heterocycles. The molecule has 78 valence electrons. The molecule has 1 aromatic rings. The van der Waals surface area contributed by atoms with Gasteiger partial charge in [-0.25, -0.2) is 0 Å². The third-order valence-electron chi connectivity index (χ3n) is 1.93. The second-order valence-electron chi connectivity index (χ2n) is 3.02. The van der Waals surface area contributed by atoms with Crippen molar-refractivity contribution >= 4 is 17.5 Å². The van der Waals surface area contributed by atoms with Crippen LogP contribution in [0.25, 0.3) is 0 Å². The van der Waals surface area contributed by atoms with Gasteiger partial charge in [0.15, 0.2) is 0 Å². The van der Waals surface area contributed by atoms with Crippen molar-refractivity contribution in [3.8, 4) is 0 Å². The Morgan fingerprint density at radius 2 is 2.57 bits per heavy atom. The minimum absolute atomic E-state index is 0.136. The molecule has 0 spiro atoms. The first kappa shape index (κ1) is 11.0. The molecule has 0 aliphatic heterocycles. The van der Waals surface area contributed by atoms with Crippen LogP contribution in [0.15, 0.2) is 12.3 Å². The van der Waals surface area contributed by atoms with Gasteiger partial charge in [0, 0.05) is 18.1 Å². The largest absolute Gasteiger partial charge is 0.351 e. The van der Waals surface area contributed by atoms with E-state index in [-0.39, 0.29) is 11.3 Å². The van der Waals surface area contributed by atoms with E-state index in [4.69, 9.17) is 11.6 Å². The van der Waals surface area contributed by atoms with Crippen LogP contribution in [0.3, 0.4) is 0 Å². The lowest BCUT2D eigenvalue weighted by atomic mass is 10.2. The number of amides is 1. The Balaban J connectivity index is 2.23. The Morgan fingerprint density at radius 3 is 3.14 bits per heavy atom. The van der Waals surface area contributed by atoms with Crippen LogP contribution in [0.5, 0.6) is 0 Å². The standard InChI is InChI=1S/C9H14ClN3O/c1-2-7(10)3-5-11-9(14)8-4-6-12-13-8/h4,6-7H,2-3,5H2,1H3,(H,11,14)(H,12,13). The zero-order valence-electron chi connectivity index (χ0n) is 8.09. The second-order valence-corrected chi connectivity index (χ2v) is 3.64. The average Bonchev–Trinajstić information content (AvgIpc) is 2.70. The molecule has 1 unspecified atom stereocenters. The Morgan fingerprint density at radius 1 is 1.79 bits per heavy atom. The maximum absolute atomic E-state index is 11.4. The van der Waals surface area contributed by atoms with E-state index in [1.807, 2.05) is 6.92 Å². The van der Waals surface area contributed by atoms with Crippen molar-refractivity contribution in [1.82, 2.24) is 15.5 Å². The number of carbonyl (C=O) groups is 1. The summed E-state index contributed by atoms with van der Waals surface area (Å²) in [5.74, 6) is -0.137. The van der Waals surface area contributed by atoms with Gasteiger partial charge in [0.1, 0.15) is 5.69 Å². The number of H-pyrrole nitrogens is 1. The molecule has 14 heavy (non-hydrogen) atoms. The first-order valence-corrected chi connectivity index (χ1v) is 5.09. The number of hydrogen-bond donors (Lipinski definition) is 2. The van der Waals surface area contributed by atoms with Gasteiger partial charge in [0.2, 0.25) is 0 Å². The van der Waals surface area contributed by atoms with Crippen molar-refractivity contribution in [3.05, 3.63) is 18.0 Å². The molecule has 0 aliphatic carbocycles. The molecule has 0 radical (unpaired) electrons. The van der Waals surface area contributed by atoms with Gasteiger partial charge in [-0.3, -0.25) is 9.89 Å². The third kappa shape index (κ3) is 3.38. The summed E-state index contributed by atoms with van der Waals surface area (Å²) < 4.78 is 0. The lowest BCUT2D eigenvalue weighted by Crippen LogP contribution is -2.26. The minimum Gasteiger partial charge on any atom is -0.351 e. The molecule has 5 heteroatoms. The Labute approximate surface area is 88.0 Å². The molecule has 0 fully saturated rings. The molecule has 2 N–H and O–H groups in total. The summed E-state index contributed by atoms with van der Waals surface area (Å²) in [6.07, 6.45) is 3.25. The number of nitrogens with one attached hydrogen (secondary N) is 2. The number of aromatic amines is 1. The van der Waals surface area contributed by atoms with Crippen molar-refractivity contribution in [2.24, 2.45) is 0 Å². The number of hydrogen-bond acceptors (Lipinski definition) is 2. The fourth-order valence-corrected chi connectivity index (χ4v) is 1.13. The molecule has 1 amide bonds. The quantitative estimate of drug-likeness (QED) is 0.733. The van der Waals surface area contributed by atoms with Crippen molar-refractivity contribution in [3.63, 3.8) is 0 Å². The van der Waals surface area contributed by atoms with Crippen LogP contribution in [-0.4, -0.2) is 28.0 Å². The molecule has 0 saturated carbocycles. The van der Waals surface area contributed by atoms with Crippen LogP contribution in [0.4, 0.5) is 0 Å². The van der Waals surface area contributed by atoms with Gasteiger partial charge in [0.05, 0.1) is 0 Å². The number of halogens is 1. The van der Waals surface area contributed by atoms with Crippen LogP contribution < -0.4 is 5.32 Å². The van der Waals surface area contributed by atoms with Gasteiger partial charge < -0.3 is 5.32 Å². The predicted octanol–water partition coefficient (Wildman–Crippen LogP) is 1.55. The van der Waals surface area contributed by atoms with E-state index in [2.05, 4.69) is 15.5 Å². The van der Waals surface area contributed by atoms with Crippen LogP contribution >= 0.6 is 11.6 Å². The zero-order chi connectivity index (χ0) is 10.4. The van der Waals surface area contributed by atoms with E-state index in [0.717, 1.165) is 12.8 Å². The van der Waals surface area contributed by atoms with Crippen molar-refractivity contribution in [1.29, 1.82) is 0 Å². The lowest BCUT2D eigenvalue weighted by Gasteiger charge is -2.06. The summed E-state index contributed by atoms with van der Waals surface area (Å²) in [4.78, 5) is 11.4. The molecule has 0 bridgehead atoms. The molecule has 1 heterocycles. The number of alkyl halides is 1.